The number of benzene rings is 1. The zero-order chi connectivity index (χ0) is 28.2. The highest BCUT2D eigenvalue weighted by molar-refractivity contribution is 7.90. The third-order valence-electron chi connectivity index (χ3n) is 7.70. The molecule has 2 aliphatic rings. The molecule has 0 bridgehead atoms. The summed E-state index contributed by atoms with van der Waals surface area (Å²) in [6, 6.07) is 8.76. The van der Waals surface area contributed by atoms with Crippen LogP contribution >= 0.6 is 0 Å². The number of alkyl halides is 1. The SMILES string of the molecule is COc1cc(C(=O)N2C[C@H](N)C[C@@H](F)C2)cc2nc(-c3cc4cccnc4n3CC3CC3)n(CCS(C)(=O)=O)c12. The first-order valence-electron chi connectivity index (χ1n) is 13.5. The van der Waals surface area contributed by atoms with Gasteiger partial charge in [0.2, 0.25) is 0 Å². The number of imidazole rings is 1. The lowest BCUT2D eigenvalue weighted by molar-refractivity contribution is 0.0606. The van der Waals surface area contributed by atoms with Crippen molar-refractivity contribution >= 4 is 37.8 Å². The van der Waals surface area contributed by atoms with Crippen LogP contribution in [0.15, 0.2) is 36.5 Å². The summed E-state index contributed by atoms with van der Waals surface area (Å²) < 4.78 is 48.4. The second kappa shape index (κ2) is 10.2. The number of nitrogens with two attached hydrogens (primary N) is 1. The summed E-state index contributed by atoms with van der Waals surface area (Å²) in [6.45, 7) is 1.18. The molecule has 4 aromatic rings. The highest BCUT2D eigenvalue weighted by Gasteiger charge is 2.31. The topological polar surface area (TPSA) is 125 Å². The Bertz CT molecular complexity index is 1700. The van der Waals surface area contributed by atoms with Gasteiger partial charge >= 0.3 is 0 Å². The number of hydrogen-bond donors (Lipinski definition) is 1. The van der Waals surface area contributed by atoms with Crippen molar-refractivity contribution in [1.29, 1.82) is 0 Å². The first kappa shape index (κ1) is 26.7. The number of aromatic nitrogens is 4. The monoisotopic (exact) mass is 568 g/mol. The van der Waals surface area contributed by atoms with E-state index in [0.717, 1.165) is 36.1 Å². The number of sulfone groups is 1. The van der Waals surface area contributed by atoms with Crippen molar-refractivity contribution in [3.8, 4) is 17.3 Å². The van der Waals surface area contributed by atoms with Gasteiger partial charge in [-0.15, -0.1) is 0 Å². The molecule has 2 fully saturated rings. The van der Waals surface area contributed by atoms with Crippen molar-refractivity contribution in [1.82, 2.24) is 24.0 Å². The maximum atomic E-state index is 14.2. The van der Waals surface area contributed by atoms with Gasteiger partial charge in [0.25, 0.3) is 5.91 Å². The van der Waals surface area contributed by atoms with E-state index in [1.165, 1.54) is 18.3 Å². The zero-order valence-electron chi connectivity index (χ0n) is 22.6. The number of methoxy groups -OCH3 is 1. The van der Waals surface area contributed by atoms with Crippen LogP contribution in [0.1, 0.15) is 29.6 Å². The van der Waals surface area contributed by atoms with E-state index < -0.39 is 22.1 Å². The predicted molar refractivity (Wildman–Crippen MR) is 151 cm³/mol. The Hall–Kier alpha value is -3.51. The number of amides is 1. The number of carbonyl (C=O) groups is 1. The Labute approximate surface area is 231 Å². The molecule has 0 radical (unpaired) electrons. The van der Waals surface area contributed by atoms with Gasteiger partial charge in [-0.2, -0.15) is 0 Å². The summed E-state index contributed by atoms with van der Waals surface area (Å²) in [5.74, 6) is 1.06. The van der Waals surface area contributed by atoms with Gasteiger partial charge in [0.1, 0.15) is 32.9 Å². The van der Waals surface area contributed by atoms with Crippen molar-refractivity contribution in [2.24, 2.45) is 11.7 Å². The minimum atomic E-state index is -3.29. The third kappa shape index (κ3) is 5.17. The highest BCUT2D eigenvalue weighted by Crippen LogP contribution is 2.38. The van der Waals surface area contributed by atoms with Crippen LogP contribution in [0.25, 0.3) is 33.6 Å². The Morgan fingerprint density at radius 2 is 2.00 bits per heavy atom. The molecule has 40 heavy (non-hydrogen) atoms. The highest BCUT2D eigenvalue weighted by atomic mass is 32.2. The molecule has 1 aromatic carbocycles. The molecule has 0 spiro atoms. The molecule has 1 amide bonds. The molecular weight excluding hydrogens is 535 g/mol. The van der Waals surface area contributed by atoms with Crippen LogP contribution < -0.4 is 10.5 Å². The van der Waals surface area contributed by atoms with Crippen molar-refractivity contribution in [2.45, 2.75) is 44.6 Å². The minimum absolute atomic E-state index is 0.0186. The van der Waals surface area contributed by atoms with Gasteiger partial charge in [0, 0.05) is 49.1 Å². The second-order valence-corrected chi connectivity index (χ2v) is 13.3. The lowest BCUT2D eigenvalue weighted by Crippen LogP contribution is -2.50. The number of halogens is 1. The Balaban J connectivity index is 1.52. The van der Waals surface area contributed by atoms with Crippen molar-refractivity contribution in [3.05, 3.63) is 42.1 Å². The molecule has 0 unspecified atom stereocenters. The van der Waals surface area contributed by atoms with Crippen LogP contribution in [-0.2, 0) is 22.9 Å². The summed E-state index contributed by atoms with van der Waals surface area (Å²) in [5.41, 5.74) is 9.04. The van der Waals surface area contributed by atoms with Crippen LogP contribution in [0.4, 0.5) is 4.39 Å². The zero-order valence-corrected chi connectivity index (χ0v) is 23.4. The summed E-state index contributed by atoms with van der Waals surface area (Å²) in [5, 5.41) is 0.963. The van der Waals surface area contributed by atoms with Crippen LogP contribution in [0.2, 0.25) is 0 Å². The van der Waals surface area contributed by atoms with E-state index >= 15 is 0 Å². The van der Waals surface area contributed by atoms with Crippen LogP contribution in [0, 0.1) is 5.92 Å². The molecule has 1 aliphatic carbocycles. The number of ether oxygens (including phenoxy) is 1. The number of piperidine rings is 1. The van der Waals surface area contributed by atoms with Crippen molar-refractivity contribution < 1.29 is 22.3 Å². The number of carbonyl (C=O) groups excluding carboxylic acids is 1. The number of likely N-dealkylation sites (tertiary alicyclic amines) is 1. The van der Waals surface area contributed by atoms with Crippen molar-refractivity contribution in [3.63, 3.8) is 0 Å². The first-order chi connectivity index (χ1) is 19.1. The van der Waals surface area contributed by atoms with Gasteiger partial charge in [-0.25, -0.2) is 22.8 Å². The number of rotatable bonds is 8. The number of aryl methyl sites for hydroxylation is 1. The smallest absolute Gasteiger partial charge is 0.254 e. The minimum Gasteiger partial charge on any atom is -0.494 e. The van der Waals surface area contributed by atoms with Crippen LogP contribution in [-0.4, -0.2) is 82.7 Å². The largest absolute Gasteiger partial charge is 0.494 e. The lowest BCUT2D eigenvalue weighted by atomic mass is 10.0. The van der Waals surface area contributed by atoms with Crippen molar-refractivity contribution in [2.75, 3.05) is 32.2 Å². The van der Waals surface area contributed by atoms with Crippen LogP contribution in [0.5, 0.6) is 5.75 Å². The van der Waals surface area contributed by atoms with Gasteiger partial charge in [-0.3, -0.25) is 4.79 Å². The van der Waals surface area contributed by atoms with Gasteiger partial charge in [0.05, 0.1) is 30.6 Å². The maximum Gasteiger partial charge on any atom is 0.254 e. The standard InChI is InChI=1S/C28H33FN6O4S/c1-39-24-12-19(28(36)33-15-20(29)13-21(30)16-33)10-22-25(24)34(8-9-40(2,37)38)27(32-22)23-11-18-4-3-7-31-26(18)35(23)14-17-5-6-17/h3-4,7,10-12,17,20-21H,5-6,8-9,13-16,30H2,1-2H3/t20-,21-/m1/s1. The Morgan fingerprint density at radius 3 is 2.70 bits per heavy atom. The number of nitrogens with zero attached hydrogens (tertiary/aromatic N) is 5. The summed E-state index contributed by atoms with van der Waals surface area (Å²) >= 11 is 0. The molecule has 1 saturated carbocycles. The fourth-order valence-corrected chi connectivity index (χ4v) is 6.13. The fourth-order valence-electron chi connectivity index (χ4n) is 5.62. The summed E-state index contributed by atoms with van der Waals surface area (Å²) in [6.07, 6.45) is 4.31. The van der Waals surface area contributed by atoms with E-state index in [1.54, 1.807) is 18.3 Å². The van der Waals surface area contributed by atoms with Gasteiger partial charge in [-0.1, -0.05) is 0 Å². The van der Waals surface area contributed by atoms with E-state index in [2.05, 4.69) is 9.55 Å². The normalized spacial score (nSPS) is 19.9. The van der Waals surface area contributed by atoms with Gasteiger partial charge in [-0.05, 0) is 55.5 Å². The van der Waals surface area contributed by atoms with Crippen LogP contribution in [0.3, 0.4) is 0 Å². The summed E-state index contributed by atoms with van der Waals surface area (Å²) in [7, 11) is -1.80. The predicted octanol–water partition coefficient (Wildman–Crippen LogP) is 3.03. The van der Waals surface area contributed by atoms with E-state index in [0.29, 0.717) is 34.1 Å². The molecule has 6 rings (SSSR count). The molecule has 4 heterocycles. The van der Waals surface area contributed by atoms with E-state index in [1.807, 2.05) is 22.8 Å². The molecule has 1 saturated heterocycles. The Morgan fingerprint density at radius 1 is 1.20 bits per heavy atom. The molecule has 2 atom stereocenters. The number of fused-ring (bicyclic) bond motifs is 2. The molecule has 10 nitrogen and oxygen atoms in total. The van der Waals surface area contributed by atoms with E-state index in [9.17, 15) is 17.6 Å². The molecule has 2 N–H and O–H groups in total. The molecule has 12 heteroatoms. The molecule has 212 valence electrons. The quantitative estimate of drug-likeness (QED) is 0.346. The third-order valence-corrected chi connectivity index (χ3v) is 8.62. The first-order valence-corrected chi connectivity index (χ1v) is 15.6. The number of pyridine rings is 1. The second-order valence-electron chi connectivity index (χ2n) is 11.1. The van der Waals surface area contributed by atoms with E-state index in [-0.39, 0.29) is 37.7 Å². The molecule has 3 aromatic heterocycles. The summed E-state index contributed by atoms with van der Waals surface area (Å²) in [4.78, 5) is 24.5. The average molecular weight is 569 g/mol. The van der Waals surface area contributed by atoms with Gasteiger partial charge < -0.3 is 24.5 Å². The van der Waals surface area contributed by atoms with E-state index in [4.69, 9.17) is 15.5 Å². The van der Waals surface area contributed by atoms with Gasteiger partial charge in [0.15, 0.2) is 5.82 Å². The number of hydrogen-bond acceptors (Lipinski definition) is 7. The average Bonchev–Trinajstić information content (AvgIpc) is 3.55. The lowest BCUT2D eigenvalue weighted by Gasteiger charge is -2.33. The maximum absolute atomic E-state index is 14.2. The Kier molecular flexibility index (Phi) is 6.78. The molecule has 1 aliphatic heterocycles. The fraction of sp³-hybridized carbons (Fsp3) is 0.464. The molecular formula is C28H33FN6O4S.